The van der Waals surface area contributed by atoms with Crippen LogP contribution in [0.5, 0.6) is 0 Å². The van der Waals surface area contributed by atoms with Crippen LogP contribution in [0.4, 0.5) is 0 Å². The van der Waals surface area contributed by atoms with E-state index in [4.69, 9.17) is 11.1 Å². The van der Waals surface area contributed by atoms with E-state index in [1.54, 1.807) is 0 Å². The summed E-state index contributed by atoms with van der Waals surface area (Å²) in [5.74, 6) is 0.572. The highest BCUT2D eigenvalue weighted by Gasteiger charge is 2.30. The third-order valence-electron chi connectivity index (χ3n) is 3.50. The molecule has 5 heteroatoms. The second-order valence-electron chi connectivity index (χ2n) is 5.79. The molecule has 1 aliphatic rings. The fraction of sp³-hybridized carbons (Fsp3) is 0.833. The van der Waals surface area contributed by atoms with E-state index in [-0.39, 0.29) is 18.4 Å². The van der Waals surface area contributed by atoms with Gasteiger partial charge in [-0.05, 0) is 24.2 Å². The molecule has 0 spiro atoms. The van der Waals surface area contributed by atoms with Crippen LogP contribution in [0.1, 0.15) is 33.6 Å². The second-order valence-corrected chi connectivity index (χ2v) is 5.79. The fourth-order valence-electron chi connectivity index (χ4n) is 2.28. The van der Waals surface area contributed by atoms with Gasteiger partial charge in [-0.25, -0.2) is 0 Å². The summed E-state index contributed by atoms with van der Waals surface area (Å²) in [6.45, 7) is 8.54. The van der Waals surface area contributed by atoms with Crippen molar-refractivity contribution < 1.29 is 4.79 Å². The molecule has 0 aromatic heterocycles. The van der Waals surface area contributed by atoms with Crippen LogP contribution in [-0.2, 0) is 4.79 Å². The van der Waals surface area contributed by atoms with Crippen molar-refractivity contribution in [2.45, 2.75) is 33.6 Å². The minimum absolute atomic E-state index is 0.0348. The maximum absolute atomic E-state index is 11.8. The molecule has 0 atom stereocenters. The van der Waals surface area contributed by atoms with E-state index in [2.05, 4.69) is 26.1 Å². The molecule has 0 aromatic carbocycles. The van der Waals surface area contributed by atoms with Crippen molar-refractivity contribution >= 4 is 11.9 Å². The van der Waals surface area contributed by atoms with Crippen LogP contribution in [0.3, 0.4) is 0 Å². The monoisotopic (exact) mass is 240 g/mol. The van der Waals surface area contributed by atoms with E-state index >= 15 is 0 Å². The summed E-state index contributed by atoms with van der Waals surface area (Å²) in [7, 11) is 0. The second kappa shape index (κ2) is 5.38. The average Bonchev–Trinajstić information content (AvgIpc) is 2.25. The van der Waals surface area contributed by atoms with Crippen molar-refractivity contribution in [1.29, 1.82) is 5.41 Å². The Kier molecular flexibility index (Phi) is 4.37. The summed E-state index contributed by atoms with van der Waals surface area (Å²) in [5, 5.41) is 9.57. The number of hydrogen-bond acceptors (Lipinski definition) is 2. The predicted molar refractivity (Wildman–Crippen MR) is 68.7 cm³/mol. The van der Waals surface area contributed by atoms with E-state index in [1.807, 2.05) is 4.90 Å². The maximum atomic E-state index is 11.8. The Balaban J connectivity index is 2.36. The van der Waals surface area contributed by atoms with Gasteiger partial charge in [0, 0.05) is 13.1 Å². The molecular formula is C12H24N4O. The first-order valence-corrected chi connectivity index (χ1v) is 6.16. The van der Waals surface area contributed by atoms with Crippen LogP contribution in [-0.4, -0.2) is 36.4 Å². The van der Waals surface area contributed by atoms with Crippen molar-refractivity contribution in [2.75, 3.05) is 19.6 Å². The number of guanidine groups is 1. The molecule has 0 saturated carbocycles. The largest absolute Gasteiger partial charge is 0.370 e. The maximum Gasteiger partial charge on any atom is 0.241 e. The Bertz CT molecular complexity index is 287. The number of rotatable bonds is 2. The zero-order valence-electron chi connectivity index (χ0n) is 11.0. The number of likely N-dealkylation sites (tertiary alicyclic amines) is 1. The first-order chi connectivity index (χ1) is 7.80. The van der Waals surface area contributed by atoms with Gasteiger partial charge >= 0.3 is 0 Å². The Morgan fingerprint density at radius 3 is 2.35 bits per heavy atom. The molecule has 1 amide bonds. The summed E-state index contributed by atoms with van der Waals surface area (Å²) in [6, 6.07) is 0. The molecule has 5 nitrogen and oxygen atoms in total. The van der Waals surface area contributed by atoms with Gasteiger partial charge in [0.25, 0.3) is 0 Å². The van der Waals surface area contributed by atoms with Crippen LogP contribution in [0.25, 0.3) is 0 Å². The average molecular weight is 240 g/mol. The third-order valence-corrected chi connectivity index (χ3v) is 3.50. The van der Waals surface area contributed by atoms with Crippen molar-refractivity contribution in [1.82, 2.24) is 10.2 Å². The molecule has 0 unspecified atom stereocenters. The van der Waals surface area contributed by atoms with Gasteiger partial charge in [-0.2, -0.15) is 0 Å². The highest BCUT2D eigenvalue weighted by Crippen LogP contribution is 2.34. The van der Waals surface area contributed by atoms with E-state index in [0.29, 0.717) is 11.3 Å². The lowest BCUT2D eigenvalue weighted by atomic mass is 9.75. The molecule has 0 aromatic rings. The summed E-state index contributed by atoms with van der Waals surface area (Å²) < 4.78 is 0. The highest BCUT2D eigenvalue weighted by molar-refractivity contribution is 5.84. The van der Waals surface area contributed by atoms with Crippen LogP contribution >= 0.6 is 0 Å². The van der Waals surface area contributed by atoms with Crippen LogP contribution in [0.2, 0.25) is 0 Å². The van der Waals surface area contributed by atoms with Crippen molar-refractivity contribution in [2.24, 2.45) is 17.1 Å². The number of hydrogen-bond donors (Lipinski definition) is 3. The summed E-state index contributed by atoms with van der Waals surface area (Å²) in [5.41, 5.74) is 5.48. The Morgan fingerprint density at radius 2 is 1.94 bits per heavy atom. The zero-order chi connectivity index (χ0) is 13.1. The van der Waals surface area contributed by atoms with Gasteiger partial charge in [0.1, 0.15) is 0 Å². The molecule has 4 N–H and O–H groups in total. The lowest BCUT2D eigenvalue weighted by molar-refractivity contribution is -0.131. The molecule has 1 rings (SSSR count). The van der Waals surface area contributed by atoms with Crippen molar-refractivity contribution in [3.05, 3.63) is 0 Å². The number of piperidine rings is 1. The first-order valence-electron chi connectivity index (χ1n) is 6.16. The van der Waals surface area contributed by atoms with Gasteiger partial charge in [-0.1, -0.05) is 20.8 Å². The molecule has 0 radical (unpaired) electrons. The van der Waals surface area contributed by atoms with Gasteiger partial charge in [0.15, 0.2) is 5.96 Å². The number of amides is 1. The van der Waals surface area contributed by atoms with E-state index in [9.17, 15) is 4.79 Å². The smallest absolute Gasteiger partial charge is 0.241 e. The number of nitrogens with two attached hydrogens (primary N) is 1. The molecule has 98 valence electrons. The molecule has 1 heterocycles. The Hall–Kier alpha value is -1.26. The molecule has 0 bridgehead atoms. The number of carbonyl (C=O) groups is 1. The molecule has 0 aliphatic carbocycles. The summed E-state index contributed by atoms with van der Waals surface area (Å²) in [4.78, 5) is 13.6. The predicted octanol–water partition coefficient (Wildman–Crippen LogP) is 0.754. The van der Waals surface area contributed by atoms with E-state index in [0.717, 1.165) is 25.9 Å². The first kappa shape index (κ1) is 13.8. The number of carbonyl (C=O) groups excluding carboxylic acids is 1. The van der Waals surface area contributed by atoms with Gasteiger partial charge in [0.2, 0.25) is 5.91 Å². The molecule has 1 saturated heterocycles. The lowest BCUT2D eigenvalue weighted by Crippen LogP contribution is -2.46. The van der Waals surface area contributed by atoms with Crippen LogP contribution < -0.4 is 11.1 Å². The molecule has 1 fully saturated rings. The zero-order valence-corrected chi connectivity index (χ0v) is 11.0. The standard InChI is InChI=1S/C12H24N4O/c1-12(2,3)9-4-6-16(7-5-9)10(17)8-15-11(13)14/h9H,4-8H2,1-3H3,(H4,13,14,15). The van der Waals surface area contributed by atoms with Crippen LogP contribution in [0.15, 0.2) is 0 Å². The molecular weight excluding hydrogens is 216 g/mol. The Labute approximate surface area is 103 Å². The van der Waals surface area contributed by atoms with E-state index < -0.39 is 0 Å². The quantitative estimate of drug-likeness (QED) is 0.492. The highest BCUT2D eigenvalue weighted by atomic mass is 16.2. The summed E-state index contributed by atoms with van der Waals surface area (Å²) >= 11 is 0. The van der Waals surface area contributed by atoms with Crippen LogP contribution in [0, 0.1) is 16.7 Å². The minimum atomic E-state index is -0.150. The molecule has 1 aliphatic heterocycles. The fourth-order valence-corrected chi connectivity index (χ4v) is 2.28. The SMILES string of the molecule is CC(C)(C)C1CCN(C(=O)CNC(=N)N)CC1. The third kappa shape index (κ3) is 4.24. The normalized spacial score (nSPS) is 17.9. The summed E-state index contributed by atoms with van der Waals surface area (Å²) in [6.07, 6.45) is 2.13. The van der Waals surface area contributed by atoms with Gasteiger partial charge in [-0.15, -0.1) is 0 Å². The van der Waals surface area contributed by atoms with Gasteiger partial charge < -0.3 is 16.0 Å². The van der Waals surface area contributed by atoms with Crippen molar-refractivity contribution in [3.8, 4) is 0 Å². The van der Waals surface area contributed by atoms with Gasteiger partial charge in [0.05, 0.1) is 6.54 Å². The minimum Gasteiger partial charge on any atom is -0.370 e. The Morgan fingerprint density at radius 1 is 1.41 bits per heavy atom. The van der Waals surface area contributed by atoms with Gasteiger partial charge in [-0.3, -0.25) is 10.2 Å². The molecule has 17 heavy (non-hydrogen) atoms. The number of nitrogens with zero attached hydrogens (tertiary/aromatic N) is 1. The number of nitrogens with one attached hydrogen (secondary N) is 2. The lowest BCUT2D eigenvalue weighted by Gasteiger charge is -2.38. The topological polar surface area (TPSA) is 82.2 Å². The van der Waals surface area contributed by atoms with E-state index in [1.165, 1.54) is 0 Å². The van der Waals surface area contributed by atoms with Crippen molar-refractivity contribution in [3.63, 3.8) is 0 Å².